The van der Waals surface area contributed by atoms with Crippen LogP contribution in [-0.2, 0) is 0 Å². The van der Waals surface area contributed by atoms with Gasteiger partial charge in [0, 0.05) is 25.2 Å². The lowest BCUT2D eigenvalue weighted by Crippen LogP contribution is -2.36. The number of benzene rings is 1. The van der Waals surface area contributed by atoms with Crippen LogP contribution in [0.3, 0.4) is 0 Å². The second-order valence-corrected chi connectivity index (χ2v) is 4.77. The highest BCUT2D eigenvalue weighted by molar-refractivity contribution is 5.73. The molecular weight excluding hydrogens is 232 g/mol. The van der Waals surface area contributed by atoms with Gasteiger partial charge in [0.25, 0.3) is 0 Å². The molecule has 0 radical (unpaired) electrons. The minimum absolute atomic E-state index is 0.181. The van der Waals surface area contributed by atoms with Crippen LogP contribution in [0.1, 0.15) is 12.8 Å². The summed E-state index contributed by atoms with van der Waals surface area (Å²) in [5.74, 6) is 1.48. The van der Waals surface area contributed by atoms with Crippen molar-refractivity contribution in [1.29, 1.82) is 0 Å². The summed E-state index contributed by atoms with van der Waals surface area (Å²) in [6.45, 7) is 2.80. The number of fused-ring (bicyclic) bond motifs is 1. The molecule has 0 unspecified atom stereocenters. The first-order valence-electron chi connectivity index (χ1n) is 6.36. The van der Waals surface area contributed by atoms with Gasteiger partial charge in [-0.2, -0.15) is 0 Å². The van der Waals surface area contributed by atoms with Gasteiger partial charge in [-0.15, -0.1) is 0 Å². The van der Waals surface area contributed by atoms with E-state index in [1.807, 2.05) is 12.1 Å². The largest absolute Gasteiger partial charge is 0.486 e. The van der Waals surface area contributed by atoms with Crippen molar-refractivity contribution in [2.24, 2.45) is 0 Å². The van der Waals surface area contributed by atoms with E-state index in [0.717, 1.165) is 43.1 Å². The van der Waals surface area contributed by atoms with Crippen molar-refractivity contribution in [3.63, 3.8) is 0 Å². The molecule has 1 saturated heterocycles. The molecule has 0 aliphatic carbocycles. The predicted octanol–water partition coefficient (Wildman–Crippen LogP) is 1.00. The molecule has 1 aromatic carbocycles. The molecule has 18 heavy (non-hydrogen) atoms. The van der Waals surface area contributed by atoms with Gasteiger partial charge < -0.3 is 25.2 Å². The number of nitrogens with zero attached hydrogens (tertiary/aromatic N) is 1. The zero-order valence-electron chi connectivity index (χ0n) is 10.3. The lowest BCUT2D eigenvalue weighted by atomic mass is 10.1. The van der Waals surface area contributed by atoms with E-state index in [1.165, 1.54) is 0 Å². The predicted molar refractivity (Wildman–Crippen MR) is 69.3 cm³/mol. The third-order valence-electron chi connectivity index (χ3n) is 3.50. The average Bonchev–Trinajstić information content (AvgIpc) is 2.39. The first-order valence-corrected chi connectivity index (χ1v) is 6.36. The number of hydrogen-bond acceptors (Lipinski definition) is 5. The van der Waals surface area contributed by atoms with E-state index in [-0.39, 0.29) is 6.10 Å². The van der Waals surface area contributed by atoms with Crippen LogP contribution in [0, 0.1) is 0 Å². The first-order chi connectivity index (χ1) is 8.74. The van der Waals surface area contributed by atoms with Crippen LogP contribution in [0.25, 0.3) is 0 Å². The maximum Gasteiger partial charge on any atom is 0.163 e. The Hall–Kier alpha value is -1.62. The second kappa shape index (κ2) is 4.57. The zero-order valence-corrected chi connectivity index (χ0v) is 10.3. The SMILES string of the molecule is Nc1cc2c(cc1N1CCC(O)CC1)OCCO2. The number of anilines is 2. The van der Waals surface area contributed by atoms with Gasteiger partial charge in [-0.3, -0.25) is 0 Å². The molecule has 0 aromatic heterocycles. The van der Waals surface area contributed by atoms with Crippen molar-refractivity contribution in [3.8, 4) is 11.5 Å². The summed E-state index contributed by atoms with van der Waals surface area (Å²) in [5, 5.41) is 9.53. The van der Waals surface area contributed by atoms with Crippen LogP contribution < -0.4 is 20.1 Å². The Morgan fingerprint density at radius 2 is 1.72 bits per heavy atom. The lowest BCUT2D eigenvalue weighted by molar-refractivity contribution is 0.145. The summed E-state index contributed by atoms with van der Waals surface area (Å²) in [5.41, 5.74) is 7.75. The smallest absolute Gasteiger partial charge is 0.163 e. The minimum atomic E-state index is -0.181. The number of nitrogen functional groups attached to an aromatic ring is 1. The summed E-state index contributed by atoms with van der Waals surface area (Å²) in [4.78, 5) is 2.19. The lowest BCUT2D eigenvalue weighted by Gasteiger charge is -2.33. The molecule has 1 aromatic rings. The van der Waals surface area contributed by atoms with Crippen molar-refractivity contribution in [2.75, 3.05) is 36.9 Å². The molecule has 3 N–H and O–H groups in total. The Kier molecular flexibility index (Phi) is 2.91. The molecule has 5 heteroatoms. The molecule has 2 heterocycles. The van der Waals surface area contributed by atoms with Crippen LogP contribution >= 0.6 is 0 Å². The zero-order chi connectivity index (χ0) is 12.5. The average molecular weight is 250 g/mol. The van der Waals surface area contributed by atoms with Gasteiger partial charge in [0.2, 0.25) is 0 Å². The maximum absolute atomic E-state index is 9.53. The van der Waals surface area contributed by atoms with Crippen LogP contribution in [-0.4, -0.2) is 37.5 Å². The number of ether oxygens (including phenoxy) is 2. The Morgan fingerprint density at radius 3 is 2.39 bits per heavy atom. The van der Waals surface area contributed by atoms with E-state index in [2.05, 4.69) is 4.90 Å². The first kappa shape index (κ1) is 11.5. The molecule has 0 saturated carbocycles. The number of aliphatic hydroxyl groups is 1. The fourth-order valence-electron chi connectivity index (χ4n) is 2.47. The maximum atomic E-state index is 9.53. The minimum Gasteiger partial charge on any atom is -0.486 e. The van der Waals surface area contributed by atoms with Gasteiger partial charge in [-0.1, -0.05) is 0 Å². The van der Waals surface area contributed by atoms with Crippen LogP contribution in [0.2, 0.25) is 0 Å². The fourth-order valence-corrected chi connectivity index (χ4v) is 2.47. The van der Waals surface area contributed by atoms with Crippen LogP contribution in [0.4, 0.5) is 11.4 Å². The van der Waals surface area contributed by atoms with Crippen molar-refractivity contribution in [2.45, 2.75) is 18.9 Å². The van der Waals surface area contributed by atoms with E-state index < -0.39 is 0 Å². The summed E-state index contributed by atoms with van der Waals surface area (Å²) in [6.07, 6.45) is 1.39. The quantitative estimate of drug-likeness (QED) is 0.728. The summed E-state index contributed by atoms with van der Waals surface area (Å²) in [7, 11) is 0. The van der Waals surface area contributed by atoms with Crippen molar-refractivity contribution < 1.29 is 14.6 Å². The Morgan fingerprint density at radius 1 is 1.11 bits per heavy atom. The van der Waals surface area contributed by atoms with Gasteiger partial charge in [0.05, 0.1) is 17.5 Å². The van der Waals surface area contributed by atoms with Crippen molar-refractivity contribution in [3.05, 3.63) is 12.1 Å². The number of rotatable bonds is 1. The highest BCUT2D eigenvalue weighted by atomic mass is 16.6. The van der Waals surface area contributed by atoms with E-state index in [9.17, 15) is 5.11 Å². The third-order valence-corrected chi connectivity index (χ3v) is 3.50. The number of hydrogen-bond donors (Lipinski definition) is 2. The Bertz CT molecular complexity index is 442. The van der Waals surface area contributed by atoms with E-state index in [4.69, 9.17) is 15.2 Å². The van der Waals surface area contributed by atoms with Crippen molar-refractivity contribution >= 4 is 11.4 Å². The molecule has 2 aliphatic rings. The summed E-state index contributed by atoms with van der Waals surface area (Å²) in [6, 6.07) is 3.77. The van der Waals surface area contributed by atoms with E-state index in [0.29, 0.717) is 18.9 Å². The van der Waals surface area contributed by atoms with Crippen LogP contribution in [0.15, 0.2) is 12.1 Å². The molecule has 5 nitrogen and oxygen atoms in total. The second-order valence-electron chi connectivity index (χ2n) is 4.77. The Balaban J connectivity index is 1.87. The topological polar surface area (TPSA) is 68.0 Å². The standard InChI is InChI=1S/C13H18N2O3/c14-10-7-12-13(18-6-5-17-12)8-11(10)15-3-1-9(16)2-4-15/h7-9,16H,1-6,14H2. The number of nitrogens with two attached hydrogens (primary N) is 1. The van der Waals surface area contributed by atoms with E-state index >= 15 is 0 Å². The summed E-state index contributed by atoms with van der Waals surface area (Å²) < 4.78 is 11.1. The highest BCUT2D eigenvalue weighted by Gasteiger charge is 2.22. The number of piperidine rings is 1. The highest BCUT2D eigenvalue weighted by Crippen LogP contribution is 2.39. The molecular formula is C13H18N2O3. The number of aliphatic hydroxyl groups excluding tert-OH is 1. The van der Waals surface area contributed by atoms with Crippen LogP contribution in [0.5, 0.6) is 11.5 Å². The molecule has 98 valence electrons. The third kappa shape index (κ3) is 2.06. The fraction of sp³-hybridized carbons (Fsp3) is 0.538. The molecule has 0 amide bonds. The molecule has 0 bridgehead atoms. The van der Waals surface area contributed by atoms with E-state index in [1.54, 1.807) is 0 Å². The molecule has 2 aliphatic heterocycles. The molecule has 0 atom stereocenters. The normalized spacial score (nSPS) is 19.9. The van der Waals surface area contributed by atoms with Crippen molar-refractivity contribution in [1.82, 2.24) is 0 Å². The van der Waals surface area contributed by atoms with Gasteiger partial charge in [0.1, 0.15) is 13.2 Å². The molecule has 1 fully saturated rings. The Labute approximate surface area is 106 Å². The monoisotopic (exact) mass is 250 g/mol. The van der Waals surface area contributed by atoms with Gasteiger partial charge >= 0.3 is 0 Å². The summed E-state index contributed by atoms with van der Waals surface area (Å²) >= 11 is 0. The van der Waals surface area contributed by atoms with Gasteiger partial charge in [-0.05, 0) is 12.8 Å². The van der Waals surface area contributed by atoms with Gasteiger partial charge in [0.15, 0.2) is 11.5 Å². The molecule has 0 spiro atoms. The van der Waals surface area contributed by atoms with Gasteiger partial charge in [-0.25, -0.2) is 0 Å². The molecule has 3 rings (SSSR count).